The van der Waals surface area contributed by atoms with Gasteiger partial charge < -0.3 is 11.1 Å². The van der Waals surface area contributed by atoms with Crippen LogP contribution in [-0.4, -0.2) is 27.0 Å². The van der Waals surface area contributed by atoms with Crippen LogP contribution in [0.3, 0.4) is 0 Å². The second-order valence-electron chi connectivity index (χ2n) is 8.46. The standard InChI is InChI=1S/C24H34ClN5O/c1-7-10-17(19(25)9-3)15-27-23(31)18-12-20(26)30-21(13-18)28-22(29-30)16(4)14-24(5,6)11-8-2/h8-13,16H,7,14-15,26H2,1-6H3,(H,27,31)/b11-8-,17-10-,19-9+. The summed E-state index contributed by atoms with van der Waals surface area (Å²) in [5.41, 5.74) is 8.12. The number of pyridine rings is 1. The normalized spacial score (nSPS) is 14.4. The number of aromatic nitrogens is 3. The summed E-state index contributed by atoms with van der Waals surface area (Å²) in [6.07, 6.45) is 9.81. The first-order valence-corrected chi connectivity index (χ1v) is 11.1. The van der Waals surface area contributed by atoms with Crippen molar-refractivity contribution in [3.63, 3.8) is 0 Å². The minimum atomic E-state index is -0.233. The number of allylic oxidation sites excluding steroid dienone is 4. The summed E-state index contributed by atoms with van der Waals surface area (Å²) in [4.78, 5) is 17.4. The van der Waals surface area contributed by atoms with Crippen molar-refractivity contribution in [1.29, 1.82) is 0 Å². The largest absolute Gasteiger partial charge is 0.384 e. The number of hydrogen-bond donors (Lipinski definition) is 2. The predicted molar refractivity (Wildman–Crippen MR) is 129 cm³/mol. The van der Waals surface area contributed by atoms with Gasteiger partial charge in [-0.05, 0) is 49.8 Å². The summed E-state index contributed by atoms with van der Waals surface area (Å²) >= 11 is 6.24. The van der Waals surface area contributed by atoms with Crippen molar-refractivity contribution in [2.24, 2.45) is 5.41 Å². The average molecular weight is 444 g/mol. The SMILES string of the molecule is C/C=C\C(C)(C)CC(C)c1nc2cc(C(=O)NCC(=C/CC)/C(Cl)=C\C)cc(N)n2n1. The highest BCUT2D eigenvalue weighted by Crippen LogP contribution is 2.31. The second kappa shape index (κ2) is 10.6. The Morgan fingerprint density at radius 2 is 2.06 bits per heavy atom. The summed E-state index contributed by atoms with van der Waals surface area (Å²) in [5, 5.41) is 8.13. The van der Waals surface area contributed by atoms with E-state index in [2.05, 4.69) is 48.3 Å². The van der Waals surface area contributed by atoms with Crippen molar-refractivity contribution in [1.82, 2.24) is 19.9 Å². The van der Waals surface area contributed by atoms with E-state index in [1.165, 1.54) is 0 Å². The van der Waals surface area contributed by atoms with Gasteiger partial charge in [0.15, 0.2) is 11.5 Å². The van der Waals surface area contributed by atoms with Crippen LogP contribution < -0.4 is 11.1 Å². The van der Waals surface area contributed by atoms with E-state index in [1.807, 2.05) is 32.9 Å². The maximum atomic E-state index is 12.7. The summed E-state index contributed by atoms with van der Waals surface area (Å²) in [6, 6.07) is 3.34. The van der Waals surface area contributed by atoms with Crippen LogP contribution in [0.4, 0.5) is 5.82 Å². The number of amides is 1. The molecule has 2 rings (SSSR count). The van der Waals surface area contributed by atoms with Gasteiger partial charge in [0.05, 0.1) is 0 Å². The zero-order chi connectivity index (χ0) is 23.2. The number of nitrogens with zero attached hydrogens (tertiary/aromatic N) is 3. The van der Waals surface area contributed by atoms with Crippen LogP contribution in [0, 0.1) is 5.41 Å². The van der Waals surface area contributed by atoms with Gasteiger partial charge in [-0.15, -0.1) is 5.10 Å². The second-order valence-corrected chi connectivity index (χ2v) is 8.87. The lowest BCUT2D eigenvalue weighted by molar-refractivity contribution is 0.0957. The highest BCUT2D eigenvalue weighted by molar-refractivity contribution is 6.32. The predicted octanol–water partition coefficient (Wildman–Crippen LogP) is 5.62. The highest BCUT2D eigenvalue weighted by Gasteiger charge is 2.22. The Morgan fingerprint density at radius 3 is 2.68 bits per heavy atom. The lowest BCUT2D eigenvalue weighted by Gasteiger charge is -2.23. The maximum Gasteiger partial charge on any atom is 0.251 e. The molecule has 0 spiro atoms. The molecule has 0 aromatic carbocycles. The van der Waals surface area contributed by atoms with Gasteiger partial charge in [-0.25, -0.2) is 4.98 Å². The Hall–Kier alpha value is -2.60. The van der Waals surface area contributed by atoms with Gasteiger partial charge in [0.1, 0.15) is 5.82 Å². The van der Waals surface area contributed by atoms with Crippen molar-refractivity contribution in [2.75, 3.05) is 12.3 Å². The van der Waals surface area contributed by atoms with Gasteiger partial charge in [0, 0.05) is 23.1 Å². The number of nitrogens with one attached hydrogen (secondary N) is 1. The van der Waals surface area contributed by atoms with Crippen LogP contribution in [0.15, 0.2) is 47.0 Å². The molecule has 2 heterocycles. The third kappa shape index (κ3) is 6.44. The Balaban J connectivity index is 2.24. The van der Waals surface area contributed by atoms with Crippen LogP contribution in [0.2, 0.25) is 0 Å². The van der Waals surface area contributed by atoms with E-state index in [0.717, 1.165) is 24.2 Å². The number of carbonyl (C=O) groups is 1. The van der Waals surface area contributed by atoms with E-state index in [9.17, 15) is 4.79 Å². The van der Waals surface area contributed by atoms with Gasteiger partial charge in [0.2, 0.25) is 0 Å². The number of rotatable bonds is 9. The van der Waals surface area contributed by atoms with E-state index >= 15 is 0 Å². The first kappa shape index (κ1) is 24.7. The van der Waals surface area contributed by atoms with Crippen LogP contribution in [0.25, 0.3) is 5.65 Å². The summed E-state index contributed by atoms with van der Waals surface area (Å²) < 4.78 is 1.59. The number of nitrogen functional groups attached to an aromatic ring is 1. The van der Waals surface area contributed by atoms with Gasteiger partial charge in [-0.3, -0.25) is 4.79 Å². The minimum absolute atomic E-state index is 0.0418. The molecule has 0 saturated heterocycles. The van der Waals surface area contributed by atoms with Crippen LogP contribution in [0.5, 0.6) is 0 Å². The molecule has 31 heavy (non-hydrogen) atoms. The summed E-state index contributed by atoms with van der Waals surface area (Å²) in [6.45, 7) is 12.8. The molecule has 0 aliphatic rings. The summed E-state index contributed by atoms with van der Waals surface area (Å²) in [7, 11) is 0. The Morgan fingerprint density at radius 1 is 1.35 bits per heavy atom. The van der Waals surface area contributed by atoms with Crippen molar-refractivity contribution >= 4 is 29.0 Å². The van der Waals surface area contributed by atoms with E-state index < -0.39 is 0 Å². The Kier molecular flexibility index (Phi) is 8.45. The number of anilines is 1. The fourth-order valence-corrected chi connectivity index (χ4v) is 3.87. The molecule has 1 atom stereocenters. The number of halogens is 1. The molecule has 168 valence electrons. The minimum Gasteiger partial charge on any atom is -0.384 e. The zero-order valence-electron chi connectivity index (χ0n) is 19.4. The van der Waals surface area contributed by atoms with Crippen molar-refractivity contribution < 1.29 is 4.79 Å². The maximum absolute atomic E-state index is 12.7. The fraction of sp³-hybridized carbons (Fsp3) is 0.458. The van der Waals surface area contributed by atoms with E-state index in [-0.39, 0.29) is 17.2 Å². The molecule has 7 heteroatoms. The molecule has 0 fully saturated rings. The smallest absolute Gasteiger partial charge is 0.251 e. The molecule has 2 aromatic heterocycles. The number of carbonyl (C=O) groups excluding carboxylic acids is 1. The van der Waals surface area contributed by atoms with Gasteiger partial charge in [-0.1, -0.05) is 63.6 Å². The van der Waals surface area contributed by atoms with E-state index in [4.69, 9.17) is 17.3 Å². The third-order valence-electron chi connectivity index (χ3n) is 5.08. The topological polar surface area (TPSA) is 85.3 Å². The third-order valence-corrected chi connectivity index (χ3v) is 5.55. The molecular weight excluding hydrogens is 410 g/mol. The summed E-state index contributed by atoms with van der Waals surface area (Å²) in [5.74, 6) is 1.00. The van der Waals surface area contributed by atoms with Crippen LogP contribution >= 0.6 is 11.6 Å². The molecule has 6 nitrogen and oxygen atoms in total. The Labute approximate surface area is 190 Å². The lowest BCUT2D eigenvalue weighted by atomic mass is 9.83. The molecule has 1 unspecified atom stereocenters. The monoisotopic (exact) mass is 443 g/mol. The van der Waals surface area contributed by atoms with Crippen LogP contribution in [-0.2, 0) is 0 Å². The molecule has 1 amide bonds. The number of fused-ring (bicyclic) bond motifs is 1. The first-order valence-electron chi connectivity index (χ1n) is 10.7. The number of nitrogens with two attached hydrogens (primary N) is 1. The quantitative estimate of drug-likeness (QED) is 0.389. The molecule has 0 bridgehead atoms. The highest BCUT2D eigenvalue weighted by atomic mass is 35.5. The molecule has 3 N–H and O–H groups in total. The molecular formula is C24H34ClN5O. The average Bonchev–Trinajstić information content (AvgIpc) is 3.15. The van der Waals surface area contributed by atoms with Crippen molar-refractivity contribution in [3.05, 3.63) is 58.4 Å². The van der Waals surface area contributed by atoms with Gasteiger partial charge >= 0.3 is 0 Å². The molecule has 0 saturated carbocycles. The number of hydrogen-bond acceptors (Lipinski definition) is 4. The molecule has 0 aliphatic carbocycles. The van der Waals surface area contributed by atoms with Crippen LogP contribution in [0.1, 0.15) is 76.5 Å². The zero-order valence-corrected chi connectivity index (χ0v) is 20.1. The van der Waals surface area contributed by atoms with Gasteiger partial charge in [0.25, 0.3) is 5.91 Å². The van der Waals surface area contributed by atoms with Crippen molar-refractivity contribution in [2.45, 2.75) is 60.3 Å². The lowest BCUT2D eigenvalue weighted by Crippen LogP contribution is -2.26. The van der Waals surface area contributed by atoms with Gasteiger partial charge in [-0.2, -0.15) is 4.52 Å². The van der Waals surface area contributed by atoms with E-state index in [0.29, 0.717) is 28.6 Å². The first-order chi connectivity index (χ1) is 14.6. The fourth-order valence-electron chi connectivity index (χ4n) is 3.73. The van der Waals surface area contributed by atoms with E-state index in [1.54, 1.807) is 16.6 Å². The van der Waals surface area contributed by atoms with Crippen molar-refractivity contribution in [3.8, 4) is 0 Å². The Bertz CT molecular complexity index is 1020. The molecule has 2 aromatic rings. The molecule has 0 aliphatic heterocycles. The molecule has 0 radical (unpaired) electrons.